The smallest absolute Gasteiger partial charge is 0.130 e. The van der Waals surface area contributed by atoms with Gasteiger partial charge in [-0.2, -0.15) is 0 Å². The van der Waals surface area contributed by atoms with Gasteiger partial charge in [-0.25, -0.2) is 4.98 Å². The van der Waals surface area contributed by atoms with Gasteiger partial charge in [-0.05, 0) is 47.7 Å². The van der Waals surface area contributed by atoms with Gasteiger partial charge in [-0.15, -0.1) is 0 Å². The first-order chi connectivity index (χ1) is 7.79. The minimum absolute atomic E-state index is 0.563. The van der Waals surface area contributed by atoms with Gasteiger partial charge < -0.3 is 9.30 Å². The Morgan fingerprint density at radius 2 is 2.31 bits per heavy atom. The summed E-state index contributed by atoms with van der Waals surface area (Å²) in [6, 6.07) is 8.03. The number of halogens is 1. The maximum Gasteiger partial charge on any atom is 0.130 e. The lowest BCUT2D eigenvalue weighted by atomic mass is 10.3. The largest absolute Gasteiger partial charge is 0.487 e. The number of hydrogen-bond donors (Lipinski definition) is 0. The second-order valence-corrected chi connectivity index (χ2v) is 4.66. The molecule has 0 saturated carbocycles. The van der Waals surface area contributed by atoms with Crippen LogP contribution in [0.25, 0.3) is 0 Å². The Bertz CT molecular complexity index is 468. The van der Waals surface area contributed by atoms with Crippen molar-refractivity contribution in [2.45, 2.75) is 20.1 Å². The molecule has 16 heavy (non-hydrogen) atoms. The number of aromatic nitrogens is 2. The Morgan fingerprint density at radius 3 is 3.06 bits per heavy atom. The zero-order chi connectivity index (χ0) is 11.4. The molecule has 0 aliphatic heterocycles. The van der Waals surface area contributed by atoms with Crippen LogP contribution in [0, 0.1) is 3.57 Å². The maximum absolute atomic E-state index is 5.71. The summed E-state index contributed by atoms with van der Waals surface area (Å²) in [5.41, 5.74) is 1.10. The lowest BCUT2D eigenvalue weighted by Crippen LogP contribution is -2.03. The van der Waals surface area contributed by atoms with Crippen LogP contribution in [0.5, 0.6) is 5.75 Å². The zero-order valence-electron chi connectivity index (χ0n) is 9.06. The number of imidazole rings is 1. The molecule has 84 valence electrons. The summed E-state index contributed by atoms with van der Waals surface area (Å²) in [6.07, 6.45) is 3.67. The SMILES string of the molecule is CCn1cncc1COc1cccc(I)c1. The standard InChI is InChI=1S/C12H13IN2O/c1-2-15-9-14-7-11(15)8-16-12-5-3-4-10(13)6-12/h3-7,9H,2,8H2,1H3. The van der Waals surface area contributed by atoms with Crippen LogP contribution < -0.4 is 4.74 Å². The molecule has 0 fully saturated rings. The van der Waals surface area contributed by atoms with Gasteiger partial charge in [0.1, 0.15) is 12.4 Å². The fourth-order valence-electron chi connectivity index (χ4n) is 1.47. The van der Waals surface area contributed by atoms with Crippen LogP contribution in [0.3, 0.4) is 0 Å². The molecule has 0 aliphatic rings. The summed E-state index contributed by atoms with van der Waals surface area (Å²) in [4.78, 5) is 4.10. The first kappa shape index (κ1) is 11.4. The molecule has 2 aromatic rings. The van der Waals surface area contributed by atoms with Crippen LogP contribution in [-0.2, 0) is 13.2 Å². The Kier molecular flexibility index (Phi) is 3.82. The van der Waals surface area contributed by atoms with E-state index in [2.05, 4.69) is 39.1 Å². The van der Waals surface area contributed by atoms with Crippen molar-refractivity contribution in [3.63, 3.8) is 0 Å². The second kappa shape index (κ2) is 5.34. The first-order valence-corrected chi connectivity index (χ1v) is 6.25. The summed E-state index contributed by atoms with van der Waals surface area (Å²) < 4.78 is 8.97. The minimum atomic E-state index is 0.563. The second-order valence-electron chi connectivity index (χ2n) is 3.42. The van der Waals surface area contributed by atoms with Crippen molar-refractivity contribution in [1.82, 2.24) is 9.55 Å². The van der Waals surface area contributed by atoms with Gasteiger partial charge in [0.2, 0.25) is 0 Å². The van der Waals surface area contributed by atoms with E-state index in [9.17, 15) is 0 Å². The summed E-state index contributed by atoms with van der Waals surface area (Å²) in [6.45, 7) is 3.58. The van der Waals surface area contributed by atoms with Gasteiger partial charge in [0.05, 0.1) is 18.2 Å². The van der Waals surface area contributed by atoms with Crippen LogP contribution in [0.15, 0.2) is 36.8 Å². The Morgan fingerprint density at radius 1 is 1.44 bits per heavy atom. The molecule has 0 N–H and O–H groups in total. The molecule has 3 nitrogen and oxygen atoms in total. The van der Waals surface area contributed by atoms with Gasteiger partial charge >= 0.3 is 0 Å². The van der Waals surface area contributed by atoms with Crippen LogP contribution in [0.4, 0.5) is 0 Å². The molecule has 0 spiro atoms. The van der Waals surface area contributed by atoms with E-state index in [4.69, 9.17) is 4.74 Å². The summed E-state index contributed by atoms with van der Waals surface area (Å²) in [5, 5.41) is 0. The number of hydrogen-bond acceptors (Lipinski definition) is 2. The highest BCUT2D eigenvalue weighted by atomic mass is 127. The van der Waals surface area contributed by atoms with Gasteiger partial charge in [-0.1, -0.05) is 6.07 Å². The molecule has 0 aliphatic carbocycles. The Hall–Kier alpha value is -1.04. The van der Waals surface area contributed by atoms with Crippen molar-refractivity contribution < 1.29 is 4.74 Å². The lowest BCUT2D eigenvalue weighted by molar-refractivity contribution is 0.295. The average Bonchev–Trinajstić information content (AvgIpc) is 2.74. The highest BCUT2D eigenvalue weighted by molar-refractivity contribution is 14.1. The van der Waals surface area contributed by atoms with Crippen LogP contribution in [-0.4, -0.2) is 9.55 Å². The van der Waals surface area contributed by atoms with Crippen molar-refractivity contribution in [1.29, 1.82) is 0 Å². The van der Waals surface area contributed by atoms with Crippen molar-refractivity contribution >= 4 is 22.6 Å². The fourth-order valence-corrected chi connectivity index (χ4v) is 1.98. The number of aryl methyl sites for hydroxylation is 1. The molecule has 0 bridgehead atoms. The van der Waals surface area contributed by atoms with E-state index in [1.165, 1.54) is 3.57 Å². The number of ether oxygens (including phenoxy) is 1. The van der Waals surface area contributed by atoms with Crippen LogP contribution >= 0.6 is 22.6 Å². The first-order valence-electron chi connectivity index (χ1n) is 5.17. The molecule has 0 saturated heterocycles. The van der Waals surface area contributed by atoms with E-state index in [1.807, 2.05) is 36.8 Å². The van der Waals surface area contributed by atoms with Crippen molar-refractivity contribution in [3.8, 4) is 5.75 Å². The normalized spacial score (nSPS) is 10.4. The monoisotopic (exact) mass is 328 g/mol. The van der Waals surface area contributed by atoms with Gasteiger partial charge in [-0.3, -0.25) is 0 Å². The van der Waals surface area contributed by atoms with Crippen molar-refractivity contribution in [3.05, 3.63) is 46.1 Å². The minimum Gasteiger partial charge on any atom is -0.487 e. The third-order valence-corrected chi connectivity index (χ3v) is 2.99. The summed E-state index contributed by atoms with van der Waals surface area (Å²) >= 11 is 2.28. The van der Waals surface area contributed by atoms with E-state index in [0.717, 1.165) is 18.0 Å². The van der Waals surface area contributed by atoms with E-state index < -0.39 is 0 Å². The third kappa shape index (κ3) is 2.75. The molecule has 0 unspecified atom stereocenters. The zero-order valence-corrected chi connectivity index (χ0v) is 11.2. The fraction of sp³-hybridized carbons (Fsp3) is 0.250. The van der Waals surface area contributed by atoms with Crippen LogP contribution in [0.1, 0.15) is 12.6 Å². The molecule has 1 aromatic carbocycles. The predicted molar refractivity (Wildman–Crippen MR) is 71.4 cm³/mol. The third-order valence-electron chi connectivity index (χ3n) is 2.32. The highest BCUT2D eigenvalue weighted by Crippen LogP contribution is 2.16. The molecular weight excluding hydrogens is 315 g/mol. The van der Waals surface area contributed by atoms with Gasteiger partial charge in [0, 0.05) is 10.1 Å². The predicted octanol–water partition coefficient (Wildman–Crippen LogP) is 3.09. The van der Waals surface area contributed by atoms with Crippen molar-refractivity contribution in [2.24, 2.45) is 0 Å². The molecule has 0 atom stereocenters. The number of nitrogens with zero attached hydrogens (tertiary/aromatic N) is 2. The quantitative estimate of drug-likeness (QED) is 0.807. The van der Waals surface area contributed by atoms with E-state index in [1.54, 1.807) is 0 Å². The molecule has 4 heteroatoms. The molecule has 2 rings (SSSR count). The van der Waals surface area contributed by atoms with Crippen LogP contribution in [0.2, 0.25) is 0 Å². The molecule has 1 aromatic heterocycles. The molecule has 0 amide bonds. The van der Waals surface area contributed by atoms with Gasteiger partial charge in [0.25, 0.3) is 0 Å². The molecular formula is C12H13IN2O. The molecule has 0 radical (unpaired) electrons. The summed E-state index contributed by atoms with van der Waals surface area (Å²) in [5.74, 6) is 0.899. The lowest BCUT2D eigenvalue weighted by Gasteiger charge is -2.08. The topological polar surface area (TPSA) is 27.1 Å². The van der Waals surface area contributed by atoms with E-state index >= 15 is 0 Å². The molecule has 1 heterocycles. The Balaban J connectivity index is 2.02. The highest BCUT2D eigenvalue weighted by Gasteiger charge is 2.01. The number of rotatable bonds is 4. The van der Waals surface area contributed by atoms with Gasteiger partial charge in [0.15, 0.2) is 0 Å². The maximum atomic E-state index is 5.71. The van der Waals surface area contributed by atoms with E-state index in [-0.39, 0.29) is 0 Å². The average molecular weight is 328 g/mol. The number of benzene rings is 1. The van der Waals surface area contributed by atoms with Crippen molar-refractivity contribution in [2.75, 3.05) is 0 Å². The summed E-state index contributed by atoms with van der Waals surface area (Å²) in [7, 11) is 0. The van der Waals surface area contributed by atoms with E-state index in [0.29, 0.717) is 6.61 Å². The Labute approximate surface area is 109 Å².